The summed E-state index contributed by atoms with van der Waals surface area (Å²) in [5.41, 5.74) is 12.1. The molecule has 0 spiro atoms. The Morgan fingerprint density at radius 3 is 2.53 bits per heavy atom. The first-order valence-corrected chi connectivity index (χ1v) is 5.14. The molecule has 0 saturated carbocycles. The molecule has 0 aliphatic heterocycles. The second-order valence-corrected chi connectivity index (χ2v) is 3.65. The summed E-state index contributed by atoms with van der Waals surface area (Å²) >= 11 is 0. The van der Waals surface area contributed by atoms with Gasteiger partial charge < -0.3 is 20.8 Å². The minimum absolute atomic E-state index is 0.127. The topological polar surface area (TPSA) is 107 Å². The van der Waals surface area contributed by atoms with E-state index in [1.165, 1.54) is 0 Å². The fourth-order valence-electron chi connectivity index (χ4n) is 1.40. The molecule has 7 heteroatoms. The van der Waals surface area contributed by atoms with Gasteiger partial charge in [-0.2, -0.15) is 15.0 Å². The first kappa shape index (κ1) is 11.2. The fraction of sp³-hybridized carbons (Fsp3) is 0.300. The molecule has 0 unspecified atom stereocenters. The number of hydrogen-bond acceptors (Lipinski definition) is 7. The number of anilines is 3. The summed E-state index contributed by atoms with van der Waals surface area (Å²) in [6.07, 6.45) is 4.19. The average molecular weight is 234 g/mol. The summed E-state index contributed by atoms with van der Waals surface area (Å²) in [5.74, 6) is 0.726. The van der Waals surface area contributed by atoms with Crippen LogP contribution in [-0.4, -0.2) is 28.5 Å². The molecule has 4 N–H and O–H groups in total. The first-order chi connectivity index (χ1) is 8.15. The molecule has 90 valence electrons. The summed E-state index contributed by atoms with van der Waals surface area (Å²) in [4.78, 5) is 13.6. The van der Waals surface area contributed by atoms with Crippen molar-refractivity contribution in [2.75, 3.05) is 30.0 Å². The maximum absolute atomic E-state index is 5.50. The molecule has 0 fully saturated rings. The van der Waals surface area contributed by atoms with Gasteiger partial charge in [0, 0.05) is 13.6 Å². The number of rotatable bonds is 4. The SMILES string of the molecule is CN(CCc1ccoc1)c1nc(N)nc(N)n1. The minimum Gasteiger partial charge on any atom is -0.472 e. The van der Waals surface area contributed by atoms with E-state index < -0.39 is 0 Å². The van der Waals surface area contributed by atoms with E-state index in [0.29, 0.717) is 5.95 Å². The third kappa shape index (κ3) is 2.83. The molecule has 2 aromatic heterocycles. The molecule has 0 bridgehead atoms. The lowest BCUT2D eigenvalue weighted by molar-refractivity contribution is 0.563. The van der Waals surface area contributed by atoms with Gasteiger partial charge in [0.25, 0.3) is 0 Å². The lowest BCUT2D eigenvalue weighted by Crippen LogP contribution is -2.23. The molecule has 2 rings (SSSR count). The maximum Gasteiger partial charge on any atom is 0.231 e. The van der Waals surface area contributed by atoms with Gasteiger partial charge in [0.1, 0.15) is 0 Å². The highest BCUT2D eigenvalue weighted by molar-refractivity contribution is 5.39. The summed E-state index contributed by atoms with van der Waals surface area (Å²) in [6.45, 7) is 0.739. The zero-order chi connectivity index (χ0) is 12.3. The Balaban J connectivity index is 2.01. The van der Waals surface area contributed by atoms with Gasteiger partial charge in [0.2, 0.25) is 17.8 Å². The standard InChI is InChI=1S/C10H14N6O/c1-16(4-2-7-3-5-17-6-7)10-14-8(11)13-9(12)15-10/h3,5-6H,2,4H2,1H3,(H4,11,12,13,14,15). The molecular formula is C10H14N6O. The monoisotopic (exact) mass is 234 g/mol. The molecule has 0 atom stereocenters. The van der Waals surface area contributed by atoms with Crippen molar-refractivity contribution in [3.63, 3.8) is 0 Å². The second kappa shape index (κ2) is 4.69. The minimum atomic E-state index is 0.127. The van der Waals surface area contributed by atoms with Crippen LogP contribution in [0, 0.1) is 0 Å². The summed E-state index contributed by atoms with van der Waals surface area (Å²) in [7, 11) is 1.87. The van der Waals surface area contributed by atoms with Gasteiger partial charge in [0.05, 0.1) is 12.5 Å². The van der Waals surface area contributed by atoms with Crippen LogP contribution in [0.4, 0.5) is 17.8 Å². The highest BCUT2D eigenvalue weighted by atomic mass is 16.3. The van der Waals surface area contributed by atoms with Crippen LogP contribution in [0.3, 0.4) is 0 Å². The van der Waals surface area contributed by atoms with E-state index in [0.717, 1.165) is 18.5 Å². The summed E-state index contributed by atoms with van der Waals surface area (Å²) in [5, 5.41) is 0. The number of nitrogens with zero attached hydrogens (tertiary/aromatic N) is 4. The molecule has 0 aliphatic rings. The van der Waals surface area contributed by atoms with Crippen LogP contribution in [0.1, 0.15) is 5.56 Å². The van der Waals surface area contributed by atoms with Crippen LogP contribution < -0.4 is 16.4 Å². The Morgan fingerprint density at radius 2 is 1.94 bits per heavy atom. The number of nitrogen functional groups attached to an aromatic ring is 2. The predicted octanol–water partition coefficient (Wildman–Crippen LogP) is 0.308. The van der Waals surface area contributed by atoms with E-state index in [4.69, 9.17) is 15.9 Å². The van der Waals surface area contributed by atoms with E-state index in [2.05, 4.69) is 15.0 Å². The Kier molecular flexibility index (Phi) is 3.08. The molecular weight excluding hydrogens is 220 g/mol. The van der Waals surface area contributed by atoms with Crippen LogP contribution >= 0.6 is 0 Å². The third-order valence-corrected chi connectivity index (χ3v) is 2.32. The fourth-order valence-corrected chi connectivity index (χ4v) is 1.40. The first-order valence-electron chi connectivity index (χ1n) is 5.14. The van der Waals surface area contributed by atoms with Gasteiger partial charge in [-0.1, -0.05) is 0 Å². The van der Waals surface area contributed by atoms with Crippen molar-refractivity contribution >= 4 is 17.8 Å². The van der Waals surface area contributed by atoms with Gasteiger partial charge in [-0.05, 0) is 18.1 Å². The van der Waals surface area contributed by atoms with Crippen LogP contribution in [-0.2, 0) is 6.42 Å². The van der Waals surface area contributed by atoms with Gasteiger partial charge >= 0.3 is 0 Å². The molecule has 0 saturated heterocycles. The Bertz CT molecular complexity index is 463. The van der Waals surface area contributed by atoms with Crippen molar-refractivity contribution < 1.29 is 4.42 Å². The van der Waals surface area contributed by atoms with Crippen LogP contribution in [0.15, 0.2) is 23.0 Å². The van der Waals surface area contributed by atoms with Gasteiger partial charge in [0.15, 0.2) is 0 Å². The van der Waals surface area contributed by atoms with Crippen molar-refractivity contribution in [2.45, 2.75) is 6.42 Å². The molecule has 0 aromatic carbocycles. The molecule has 2 heterocycles. The highest BCUT2D eigenvalue weighted by Gasteiger charge is 2.07. The zero-order valence-corrected chi connectivity index (χ0v) is 9.50. The zero-order valence-electron chi connectivity index (χ0n) is 9.50. The largest absolute Gasteiger partial charge is 0.472 e. The average Bonchev–Trinajstić information content (AvgIpc) is 2.77. The maximum atomic E-state index is 5.50. The lowest BCUT2D eigenvalue weighted by atomic mass is 10.2. The van der Waals surface area contributed by atoms with E-state index >= 15 is 0 Å². The van der Waals surface area contributed by atoms with Crippen LogP contribution in [0.25, 0.3) is 0 Å². The van der Waals surface area contributed by atoms with Crippen molar-refractivity contribution in [3.8, 4) is 0 Å². The molecule has 0 amide bonds. The molecule has 7 nitrogen and oxygen atoms in total. The third-order valence-electron chi connectivity index (χ3n) is 2.32. The number of hydrogen-bond donors (Lipinski definition) is 2. The Labute approximate surface area is 98.5 Å². The van der Waals surface area contributed by atoms with Crippen LogP contribution in [0.2, 0.25) is 0 Å². The number of aromatic nitrogens is 3. The van der Waals surface area contributed by atoms with Gasteiger partial charge in [-0.15, -0.1) is 0 Å². The molecule has 2 aromatic rings. The summed E-state index contributed by atoms with van der Waals surface area (Å²) in [6, 6.07) is 1.92. The van der Waals surface area contributed by atoms with Crippen molar-refractivity contribution in [1.29, 1.82) is 0 Å². The van der Waals surface area contributed by atoms with E-state index in [1.807, 2.05) is 18.0 Å². The van der Waals surface area contributed by atoms with Gasteiger partial charge in [-0.3, -0.25) is 0 Å². The Morgan fingerprint density at radius 1 is 1.24 bits per heavy atom. The van der Waals surface area contributed by atoms with Gasteiger partial charge in [-0.25, -0.2) is 0 Å². The quantitative estimate of drug-likeness (QED) is 0.783. The van der Waals surface area contributed by atoms with Crippen LogP contribution in [0.5, 0.6) is 0 Å². The normalized spacial score (nSPS) is 10.4. The number of likely N-dealkylation sites (N-methyl/N-ethyl adjacent to an activating group) is 1. The van der Waals surface area contributed by atoms with Crippen molar-refractivity contribution in [2.24, 2.45) is 0 Å². The Hall–Kier alpha value is -2.31. The molecule has 0 aliphatic carbocycles. The number of furan rings is 1. The van der Waals surface area contributed by atoms with Crippen molar-refractivity contribution in [3.05, 3.63) is 24.2 Å². The molecule has 0 radical (unpaired) electrons. The summed E-state index contributed by atoms with van der Waals surface area (Å²) < 4.78 is 4.99. The predicted molar refractivity (Wildman–Crippen MR) is 64.3 cm³/mol. The smallest absolute Gasteiger partial charge is 0.231 e. The van der Waals surface area contributed by atoms with E-state index in [9.17, 15) is 0 Å². The van der Waals surface area contributed by atoms with E-state index in [-0.39, 0.29) is 11.9 Å². The van der Waals surface area contributed by atoms with Crippen molar-refractivity contribution in [1.82, 2.24) is 15.0 Å². The highest BCUT2D eigenvalue weighted by Crippen LogP contribution is 2.09. The lowest BCUT2D eigenvalue weighted by Gasteiger charge is -2.16. The second-order valence-electron chi connectivity index (χ2n) is 3.65. The van der Waals surface area contributed by atoms with E-state index in [1.54, 1.807) is 12.5 Å². The molecule has 17 heavy (non-hydrogen) atoms. The number of nitrogens with two attached hydrogens (primary N) is 2.